The number of hydrogen-bond donors (Lipinski definition) is 2. The first-order valence-corrected chi connectivity index (χ1v) is 6.17. The van der Waals surface area contributed by atoms with Crippen LogP contribution in [0.1, 0.15) is 32.1 Å². The lowest BCUT2D eigenvalue weighted by atomic mass is 9.53. The minimum absolute atomic E-state index is 0.000556. The van der Waals surface area contributed by atoms with Gasteiger partial charge in [-0.25, -0.2) is 0 Å². The van der Waals surface area contributed by atoms with Crippen molar-refractivity contribution in [2.75, 3.05) is 13.1 Å². The van der Waals surface area contributed by atoms with Crippen molar-refractivity contribution in [1.82, 2.24) is 5.32 Å². The summed E-state index contributed by atoms with van der Waals surface area (Å²) in [5.74, 6) is 0.666. The monoisotopic (exact) mass is 209 g/mol. The predicted octanol–water partition coefficient (Wildman–Crippen LogP) is 1.49. The molecule has 3 saturated carbocycles. The lowest BCUT2D eigenvalue weighted by Gasteiger charge is -2.51. The van der Waals surface area contributed by atoms with Crippen molar-refractivity contribution in [3.8, 4) is 0 Å². The molecule has 2 bridgehead atoms. The van der Waals surface area contributed by atoms with Gasteiger partial charge in [0.1, 0.15) is 0 Å². The second-order valence-electron chi connectivity index (χ2n) is 5.58. The maximum Gasteiger partial charge on any atom is 0.307 e. The van der Waals surface area contributed by atoms with Crippen LogP contribution in [0.2, 0.25) is 0 Å². The number of carboxylic acid groups (broad SMARTS) is 1. The molecule has 0 spiro atoms. The predicted molar refractivity (Wildman–Crippen MR) is 56.5 cm³/mol. The molecule has 0 aromatic rings. The van der Waals surface area contributed by atoms with Gasteiger partial charge in [-0.1, -0.05) is 0 Å². The van der Waals surface area contributed by atoms with Gasteiger partial charge in [-0.05, 0) is 62.4 Å². The van der Waals surface area contributed by atoms with Gasteiger partial charge < -0.3 is 10.4 Å². The molecule has 1 heterocycles. The highest BCUT2D eigenvalue weighted by atomic mass is 16.4. The van der Waals surface area contributed by atoms with E-state index in [0.29, 0.717) is 11.8 Å². The maximum absolute atomic E-state index is 11.3. The zero-order valence-corrected chi connectivity index (χ0v) is 9.04. The minimum Gasteiger partial charge on any atom is -0.481 e. The molecule has 4 fully saturated rings. The number of hydrogen-bond acceptors (Lipinski definition) is 2. The Balaban J connectivity index is 1.80. The zero-order valence-electron chi connectivity index (χ0n) is 9.04. The van der Waals surface area contributed by atoms with Gasteiger partial charge in [0.05, 0.1) is 5.92 Å². The molecule has 3 nitrogen and oxygen atoms in total. The van der Waals surface area contributed by atoms with Gasteiger partial charge in [0.2, 0.25) is 0 Å². The van der Waals surface area contributed by atoms with Crippen LogP contribution in [0.3, 0.4) is 0 Å². The van der Waals surface area contributed by atoms with Gasteiger partial charge in [-0.2, -0.15) is 0 Å². The third-order valence-corrected chi connectivity index (χ3v) is 5.13. The summed E-state index contributed by atoms with van der Waals surface area (Å²) in [5, 5.41) is 12.7. The molecule has 3 atom stereocenters. The van der Waals surface area contributed by atoms with Crippen LogP contribution in [0.5, 0.6) is 0 Å². The number of carboxylic acids is 1. The maximum atomic E-state index is 11.3. The normalized spacial score (nSPS) is 45.1. The molecule has 1 aliphatic heterocycles. The van der Waals surface area contributed by atoms with Crippen LogP contribution in [-0.4, -0.2) is 24.2 Å². The SMILES string of the molecule is O=C(O)[C@H]1[C@H]2CC[C@]1(C1CCNCC1)C2. The lowest BCUT2D eigenvalue weighted by Crippen LogP contribution is -2.52. The van der Waals surface area contributed by atoms with Crippen molar-refractivity contribution in [2.24, 2.45) is 23.2 Å². The molecule has 3 aliphatic carbocycles. The fraction of sp³-hybridized carbons (Fsp3) is 0.917. The van der Waals surface area contributed by atoms with Crippen LogP contribution in [0.25, 0.3) is 0 Å². The Hall–Kier alpha value is -0.570. The fourth-order valence-electron chi connectivity index (χ4n) is 4.49. The highest BCUT2D eigenvalue weighted by molar-refractivity contribution is 5.73. The molecule has 0 aromatic heterocycles. The number of piperidine rings is 1. The summed E-state index contributed by atoms with van der Waals surface area (Å²) in [6, 6.07) is 0. The van der Waals surface area contributed by atoms with Gasteiger partial charge >= 0.3 is 5.97 Å². The quantitative estimate of drug-likeness (QED) is 0.724. The second kappa shape index (κ2) is 3.21. The summed E-state index contributed by atoms with van der Waals surface area (Å²) >= 11 is 0. The summed E-state index contributed by atoms with van der Waals surface area (Å²) in [6.45, 7) is 2.17. The van der Waals surface area contributed by atoms with E-state index < -0.39 is 5.97 Å². The van der Waals surface area contributed by atoms with Gasteiger partial charge in [0.25, 0.3) is 0 Å². The number of fused-ring (bicyclic) bond motifs is 1. The Morgan fingerprint density at radius 3 is 2.60 bits per heavy atom. The molecular weight excluding hydrogens is 190 g/mol. The lowest BCUT2D eigenvalue weighted by molar-refractivity contribution is -0.160. The summed E-state index contributed by atoms with van der Waals surface area (Å²) in [7, 11) is 0. The smallest absolute Gasteiger partial charge is 0.307 e. The van der Waals surface area contributed by atoms with E-state index >= 15 is 0 Å². The molecular formula is C12H19NO2. The number of nitrogens with one attached hydrogen (secondary N) is 1. The third-order valence-electron chi connectivity index (χ3n) is 5.13. The molecule has 15 heavy (non-hydrogen) atoms. The van der Waals surface area contributed by atoms with E-state index in [4.69, 9.17) is 0 Å². The molecule has 0 aromatic carbocycles. The molecule has 4 aliphatic rings. The average molecular weight is 209 g/mol. The van der Waals surface area contributed by atoms with Gasteiger partial charge in [0.15, 0.2) is 0 Å². The molecule has 4 rings (SSSR count). The van der Waals surface area contributed by atoms with Crippen LogP contribution >= 0.6 is 0 Å². The largest absolute Gasteiger partial charge is 0.481 e. The Morgan fingerprint density at radius 2 is 2.00 bits per heavy atom. The molecule has 0 unspecified atom stereocenters. The molecule has 3 heteroatoms. The van der Waals surface area contributed by atoms with Crippen molar-refractivity contribution in [3.05, 3.63) is 0 Å². The highest BCUT2D eigenvalue weighted by Gasteiger charge is 2.64. The van der Waals surface area contributed by atoms with Crippen LogP contribution < -0.4 is 5.32 Å². The van der Waals surface area contributed by atoms with E-state index in [1.165, 1.54) is 32.1 Å². The Bertz CT molecular complexity index is 281. The molecule has 84 valence electrons. The number of aliphatic carboxylic acids is 1. The van der Waals surface area contributed by atoms with Crippen LogP contribution in [0, 0.1) is 23.2 Å². The molecule has 2 N–H and O–H groups in total. The molecule has 1 saturated heterocycles. The van der Waals surface area contributed by atoms with E-state index in [0.717, 1.165) is 13.1 Å². The van der Waals surface area contributed by atoms with Crippen molar-refractivity contribution in [3.63, 3.8) is 0 Å². The summed E-state index contributed by atoms with van der Waals surface area (Å²) < 4.78 is 0. The zero-order chi connectivity index (χ0) is 10.5. The standard InChI is InChI=1S/C12H19NO2/c14-11(15)10-8-1-4-12(10,7-8)9-2-5-13-6-3-9/h8-10,13H,1-7H2,(H,14,15)/t8-,10+,12+/m0/s1. The fourth-order valence-corrected chi connectivity index (χ4v) is 4.49. The topological polar surface area (TPSA) is 49.3 Å². The number of rotatable bonds is 2. The summed E-state index contributed by atoms with van der Waals surface area (Å²) in [5.41, 5.74) is 0.207. The van der Waals surface area contributed by atoms with Gasteiger partial charge in [-0.15, -0.1) is 0 Å². The van der Waals surface area contributed by atoms with Gasteiger partial charge in [-0.3, -0.25) is 4.79 Å². The first kappa shape index (κ1) is 9.64. The van der Waals surface area contributed by atoms with Crippen LogP contribution in [0.4, 0.5) is 0 Å². The first-order valence-electron chi connectivity index (χ1n) is 6.17. The summed E-state index contributed by atoms with van der Waals surface area (Å²) in [6.07, 6.45) is 5.93. The van der Waals surface area contributed by atoms with Crippen molar-refractivity contribution < 1.29 is 9.90 Å². The first-order chi connectivity index (χ1) is 7.24. The summed E-state index contributed by atoms with van der Waals surface area (Å²) in [4.78, 5) is 11.3. The van der Waals surface area contributed by atoms with Crippen LogP contribution in [-0.2, 0) is 4.79 Å². The Morgan fingerprint density at radius 1 is 1.27 bits per heavy atom. The van der Waals surface area contributed by atoms with E-state index in [9.17, 15) is 9.90 Å². The Labute approximate surface area is 90.2 Å². The van der Waals surface area contributed by atoms with E-state index in [1.807, 2.05) is 0 Å². The Kier molecular flexibility index (Phi) is 2.06. The average Bonchev–Trinajstić information content (AvgIpc) is 2.76. The third kappa shape index (κ3) is 1.19. The molecule has 0 amide bonds. The highest BCUT2D eigenvalue weighted by Crippen LogP contribution is 2.67. The van der Waals surface area contributed by atoms with Crippen molar-refractivity contribution in [2.45, 2.75) is 32.1 Å². The van der Waals surface area contributed by atoms with Crippen LogP contribution in [0.15, 0.2) is 0 Å². The van der Waals surface area contributed by atoms with Crippen molar-refractivity contribution in [1.29, 1.82) is 0 Å². The van der Waals surface area contributed by atoms with E-state index in [-0.39, 0.29) is 11.3 Å². The van der Waals surface area contributed by atoms with Gasteiger partial charge in [0, 0.05) is 0 Å². The minimum atomic E-state index is -0.526. The molecule has 0 radical (unpaired) electrons. The van der Waals surface area contributed by atoms with E-state index in [2.05, 4.69) is 5.32 Å². The van der Waals surface area contributed by atoms with E-state index in [1.54, 1.807) is 0 Å². The van der Waals surface area contributed by atoms with Crippen molar-refractivity contribution >= 4 is 5.97 Å². The number of carbonyl (C=O) groups is 1. The second-order valence-corrected chi connectivity index (χ2v) is 5.58.